The van der Waals surface area contributed by atoms with E-state index in [9.17, 15) is 34.2 Å². The monoisotopic (exact) mass is 943 g/mol. The number of carbonyl (C=O) groups excluding carboxylic acids is 4. The first-order valence-electron chi connectivity index (χ1n) is 25.2. The molecule has 368 valence electrons. The van der Waals surface area contributed by atoms with E-state index in [4.69, 9.17) is 9.47 Å². The largest absolute Gasteiger partial charge is 0.480 e. The van der Waals surface area contributed by atoms with E-state index in [1.165, 1.54) is 16.0 Å². The second kappa shape index (κ2) is 22.9. The molecule has 4 N–H and O–H groups in total. The Hall–Kier alpha value is -6.21. The minimum Gasteiger partial charge on any atom is -0.480 e. The first-order valence-corrected chi connectivity index (χ1v) is 25.2. The summed E-state index contributed by atoms with van der Waals surface area (Å²) < 4.78 is 11.8. The summed E-state index contributed by atoms with van der Waals surface area (Å²) in [4.78, 5) is 68.6. The van der Waals surface area contributed by atoms with E-state index in [1.807, 2.05) is 62.4 Å². The smallest absolute Gasteiger partial charge is 0.410 e. The van der Waals surface area contributed by atoms with E-state index in [1.54, 1.807) is 4.90 Å². The van der Waals surface area contributed by atoms with Crippen LogP contribution in [0.3, 0.4) is 0 Å². The molecule has 0 saturated carbocycles. The zero-order chi connectivity index (χ0) is 49.1. The number of nitrogens with one attached hydrogen (secondary N) is 2. The van der Waals surface area contributed by atoms with Gasteiger partial charge in [0.1, 0.15) is 30.3 Å². The van der Waals surface area contributed by atoms with Crippen molar-refractivity contribution in [3.05, 3.63) is 119 Å². The van der Waals surface area contributed by atoms with E-state index in [-0.39, 0.29) is 50.7 Å². The van der Waals surface area contributed by atoms with E-state index < -0.39 is 47.2 Å². The van der Waals surface area contributed by atoms with Crippen molar-refractivity contribution >= 4 is 30.0 Å². The van der Waals surface area contributed by atoms with Gasteiger partial charge in [-0.1, -0.05) is 176 Å². The number of unbranched alkanes of at least 4 members (excludes halogenated alkanes) is 4. The summed E-state index contributed by atoms with van der Waals surface area (Å²) in [6, 6.07) is 31.1. The number of aliphatic hydroxyl groups is 1. The molecule has 4 aliphatic rings. The Morgan fingerprint density at radius 2 is 0.884 bits per heavy atom. The Morgan fingerprint density at radius 1 is 0.551 bits per heavy atom. The predicted molar refractivity (Wildman–Crippen MR) is 266 cm³/mol. The average molecular weight is 943 g/mol. The Kier molecular flexibility index (Phi) is 16.8. The third-order valence-corrected chi connectivity index (χ3v) is 14.7. The number of rotatable bonds is 18. The zero-order valence-corrected chi connectivity index (χ0v) is 40.7. The lowest BCUT2D eigenvalue weighted by Gasteiger charge is -2.48. The molecule has 8 rings (SSSR count). The van der Waals surface area contributed by atoms with Crippen LogP contribution in [0.15, 0.2) is 97.1 Å². The molecule has 2 aliphatic carbocycles. The molecular weight excluding hydrogens is 873 g/mol. The van der Waals surface area contributed by atoms with Gasteiger partial charge in [0, 0.05) is 18.4 Å². The number of carbonyl (C=O) groups is 5. The van der Waals surface area contributed by atoms with E-state index >= 15 is 0 Å². The van der Waals surface area contributed by atoms with Gasteiger partial charge >= 0.3 is 18.2 Å². The lowest BCUT2D eigenvalue weighted by molar-refractivity contribution is -0.151. The molecule has 0 bridgehead atoms. The van der Waals surface area contributed by atoms with Gasteiger partial charge in [0.05, 0.1) is 19.2 Å². The van der Waals surface area contributed by atoms with Crippen LogP contribution in [-0.2, 0) is 23.9 Å². The predicted octanol–water partition coefficient (Wildman–Crippen LogP) is 9.79. The molecule has 2 saturated heterocycles. The first-order chi connectivity index (χ1) is 33.5. The number of aliphatic carboxylic acids is 1. The fourth-order valence-corrected chi connectivity index (χ4v) is 10.9. The lowest BCUT2D eigenvalue weighted by Crippen LogP contribution is -2.70. The van der Waals surface area contributed by atoms with E-state index in [2.05, 4.69) is 73.0 Å². The van der Waals surface area contributed by atoms with Crippen molar-refractivity contribution in [2.45, 2.75) is 140 Å². The molecule has 2 atom stereocenters. The number of carboxylic acid groups (broad SMARTS) is 1. The quantitative estimate of drug-likeness (QED) is 0.0757. The second-order valence-corrected chi connectivity index (χ2v) is 19.0. The van der Waals surface area contributed by atoms with Gasteiger partial charge in [-0.05, 0) is 70.2 Å². The van der Waals surface area contributed by atoms with Gasteiger partial charge in [0.15, 0.2) is 0 Å². The van der Waals surface area contributed by atoms with Gasteiger partial charge in [-0.2, -0.15) is 0 Å². The van der Waals surface area contributed by atoms with Crippen molar-refractivity contribution in [1.82, 2.24) is 20.4 Å². The van der Waals surface area contributed by atoms with Crippen molar-refractivity contribution in [3.63, 3.8) is 0 Å². The molecule has 4 aromatic rings. The number of fused-ring (bicyclic) bond motifs is 6. The number of ether oxygens (including phenoxy) is 2. The third-order valence-electron chi connectivity index (χ3n) is 14.7. The van der Waals surface area contributed by atoms with Crippen LogP contribution >= 0.6 is 0 Å². The van der Waals surface area contributed by atoms with Gasteiger partial charge in [0.2, 0.25) is 11.8 Å². The molecule has 4 aromatic carbocycles. The topological polar surface area (TPSA) is 175 Å². The Morgan fingerprint density at radius 3 is 1.22 bits per heavy atom. The highest BCUT2D eigenvalue weighted by molar-refractivity contribution is 5.95. The minimum absolute atomic E-state index is 0.0377. The summed E-state index contributed by atoms with van der Waals surface area (Å²) in [7, 11) is 0. The molecular formula is C56H70N4O9. The molecule has 0 radical (unpaired) electrons. The minimum atomic E-state index is -1.16. The van der Waals surface area contributed by atoms with Crippen LogP contribution in [0.4, 0.5) is 9.59 Å². The highest BCUT2D eigenvalue weighted by Gasteiger charge is 2.53. The van der Waals surface area contributed by atoms with Crippen LogP contribution in [0.1, 0.15) is 139 Å². The van der Waals surface area contributed by atoms with Crippen molar-refractivity contribution in [1.29, 1.82) is 0 Å². The van der Waals surface area contributed by atoms with Crippen molar-refractivity contribution in [2.75, 3.05) is 32.9 Å². The molecule has 13 nitrogen and oxygen atoms in total. The van der Waals surface area contributed by atoms with Gasteiger partial charge in [-0.25, -0.2) is 14.4 Å². The number of hydrogen-bond acceptors (Lipinski definition) is 8. The highest BCUT2D eigenvalue weighted by atomic mass is 16.6. The van der Waals surface area contributed by atoms with Crippen LogP contribution in [0, 0.1) is 0 Å². The number of carboxylic acids is 1. The van der Waals surface area contributed by atoms with Crippen molar-refractivity contribution in [2.24, 2.45) is 0 Å². The molecule has 2 heterocycles. The maximum Gasteiger partial charge on any atom is 0.410 e. The normalized spacial score (nSPS) is 18.7. The molecule has 0 unspecified atom stereocenters. The number of amides is 4. The molecule has 2 fully saturated rings. The Bertz CT molecular complexity index is 2350. The molecule has 69 heavy (non-hydrogen) atoms. The highest BCUT2D eigenvalue weighted by Crippen LogP contribution is 2.46. The molecule has 0 spiro atoms. The molecule has 13 heteroatoms. The molecule has 0 aromatic heterocycles. The molecule has 2 aliphatic heterocycles. The van der Waals surface area contributed by atoms with Crippen LogP contribution in [0.25, 0.3) is 22.3 Å². The summed E-state index contributed by atoms with van der Waals surface area (Å²) in [5, 5.41) is 25.0. The first kappa shape index (κ1) is 50.7. The SMILES string of the molecule is CCCCC1(CCCC)C(=O)N[C@@H](C(=O)O)CN1C(=O)OCC1c2ccccc2-c2ccccc21.CCCCC1(CCCC)C(=O)N[C@@H](CO)CN1C(=O)OCC1c2ccccc2-c2ccccc21. The fourth-order valence-electron chi connectivity index (χ4n) is 10.9. The maximum atomic E-state index is 13.6. The Labute approximate surface area is 407 Å². The number of piperazine rings is 2. The van der Waals surface area contributed by atoms with Crippen molar-refractivity contribution < 1.29 is 43.7 Å². The summed E-state index contributed by atoms with van der Waals surface area (Å²) in [5.74, 6) is -1.88. The van der Waals surface area contributed by atoms with Gasteiger partial charge in [-0.3, -0.25) is 19.4 Å². The van der Waals surface area contributed by atoms with Crippen LogP contribution < -0.4 is 10.6 Å². The summed E-state index contributed by atoms with van der Waals surface area (Å²) in [6.45, 7) is 8.52. The second-order valence-electron chi connectivity index (χ2n) is 19.0. The molecule has 4 amide bonds. The number of nitrogens with zero attached hydrogens (tertiary/aromatic N) is 2. The van der Waals surface area contributed by atoms with E-state index in [0.29, 0.717) is 25.7 Å². The van der Waals surface area contributed by atoms with Crippen LogP contribution in [0.5, 0.6) is 0 Å². The Balaban J connectivity index is 0.000000204. The maximum absolute atomic E-state index is 13.6. The van der Waals surface area contributed by atoms with Crippen LogP contribution in [0.2, 0.25) is 0 Å². The summed E-state index contributed by atoms with van der Waals surface area (Å²) in [5.41, 5.74) is 7.11. The standard InChI is InChI=1S/C28H34N2O5.C28H36N2O4/c1-3-5-15-28(16-6-4-2)26(33)29-24(25(31)32)17-30(28)27(34)35-18-23-21-13-9-7-11-19(21)20-12-8-10-14-22(20)23;1-3-5-15-28(16-6-4-2)26(32)29-20(18-31)17-30(28)27(33)34-19-25-23-13-9-7-11-21(23)22-12-8-10-14-24(22)25/h7-14,23-24H,3-6,15-18H2,1-2H3,(H,29,33)(H,31,32);7-14,20,25,31H,3-6,15-19H2,1-2H3,(H,29,32)/t24-;20-/m11/s1. The fraction of sp³-hybridized carbons (Fsp3) is 0.482. The van der Waals surface area contributed by atoms with Gasteiger partial charge in [0.25, 0.3) is 0 Å². The van der Waals surface area contributed by atoms with Crippen LogP contribution in [-0.4, -0.2) is 106 Å². The lowest BCUT2D eigenvalue weighted by atomic mass is 9.82. The summed E-state index contributed by atoms with van der Waals surface area (Å²) >= 11 is 0. The zero-order valence-electron chi connectivity index (χ0n) is 40.7. The van der Waals surface area contributed by atoms with Gasteiger partial charge < -0.3 is 30.3 Å². The third kappa shape index (κ3) is 10.4. The van der Waals surface area contributed by atoms with Crippen molar-refractivity contribution in [3.8, 4) is 22.3 Å². The number of hydrogen-bond donors (Lipinski definition) is 4. The summed E-state index contributed by atoms with van der Waals surface area (Å²) in [6.07, 6.45) is 7.83. The van der Waals surface area contributed by atoms with E-state index in [0.717, 1.165) is 84.7 Å². The number of benzene rings is 4. The number of aliphatic hydroxyl groups excluding tert-OH is 1. The average Bonchev–Trinajstić information content (AvgIpc) is 3.87. The van der Waals surface area contributed by atoms with Gasteiger partial charge in [-0.15, -0.1) is 0 Å².